The molecule has 4 rings (SSSR count). The van der Waals surface area contributed by atoms with Gasteiger partial charge in [-0.05, 0) is 29.7 Å². The van der Waals surface area contributed by atoms with E-state index < -0.39 is 15.8 Å². The maximum Gasteiger partial charge on any atom is 0.337 e. The second-order valence-corrected chi connectivity index (χ2v) is 7.59. The molecule has 7 heteroatoms. The number of esters is 1. The summed E-state index contributed by atoms with van der Waals surface area (Å²) in [6.45, 7) is 0. The molecule has 1 heterocycles. The molecule has 26 heavy (non-hydrogen) atoms. The number of carbonyl (C=O) groups excluding carboxylic acids is 1. The van der Waals surface area contributed by atoms with E-state index >= 15 is 0 Å². The van der Waals surface area contributed by atoms with Gasteiger partial charge in [-0.3, -0.25) is 5.10 Å². The number of carbonyl (C=O) groups is 1. The Hall–Kier alpha value is -3.19. The van der Waals surface area contributed by atoms with Crippen molar-refractivity contribution in [2.75, 3.05) is 7.11 Å². The summed E-state index contributed by atoms with van der Waals surface area (Å²) in [5.41, 5.74) is 0.784. The first-order chi connectivity index (χ1) is 12.5. The van der Waals surface area contributed by atoms with Crippen molar-refractivity contribution in [3.63, 3.8) is 0 Å². The largest absolute Gasteiger partial charge is 0.465 e. The van der Waals surface area contributed by atoms with Crippen LogP contribution >= 0.6 is 0 Å². The Morgan fingerprint density at radius 3 is 2.58 bits per heavy atom. The Labute approximate surface area is 149 Å². The number of methoxy groups -OCH3 is 1. The van der Waals surface area contributed by atoms with Crippen LogP contribution < -0.4 is 0 Å². The lowest BCUT2D eigenvalue weighted by Gasteiger charge is -2.07. The van der Waals surface area contributed by atoms with Gasteiger partial charge in [0.05, 0.1) is 23.1 Å². The van der Waals surface area contributed by atoms with Crippen molar-refractivity contribution in [1.29, 1.82) is 0 Å². The molecule has 0 saturated heterocycles. The van der Waals surface area contributed by atoms with Crippen LogP contribution in [0.5, 0.6) is 0 Å². The fraction of sp³-hybridized carbons (Fsp3) is 0.0526. The number of rotatable bonds is 3. The molecule has 3 aromatic carbocycles. The summed E-state index contributed by atoms with van der Waals surface area (Å²) in [6.07, 6.45) is 0. The van der Waals surface area contributed by atoms with Crippen molar-refractivity contribution >= 4 is 37.5 Å². The molecule has 6 nitrogen and oxygen atoms in total. The Morgan fingerprint density at radius 1 is 1.00 bits per heavy atom. The van der Waals surface area contributed by atoms with Crippen LogP contribution in [0.2, 0.25) is 0 Å². The lowest BCUT2D eigenvalue weighted by atomic mass is 10.1. The number of H-pyrrole nitrogens is 1. The number of hydrogen-bond donors (Lipinski definition) is 1. The molecule has 0 fully saturated rings. The fourth-order valence-corrected chi connectivity index (χ4v) is 4.54. The third-order valence-electron chi connectivity index (χ3n) is 4.24. The minimum atomic E-state index is -3.89. The summed E-state index contributed by atoms with van der Waals surface area (Å²) >= 11 is 0. The van der Waals surface area contributed by atoms with E-state index in [1.54, 1.807) is 36.4 Å². The summed E-state index contributed by atoms with van der Waals surface area (Å²) in [5.74, 6) is -0.540. The molecule has 130 valence electrons. The number of nitrogens with one attached hydrogen (secondary N) is 1. The average Bonchev–Trinajstić information content (AvgIpc) is 3.10. The number of aromatic amines is 1. The molecule has 0 aliphatic carbocycles. The summed E-state index contributed by atoms with van der Waals surface area (Å²) in [5, 5.41) is 8.40. The minimum Gasteiger partial charge on any atom is -0.465 e. The predicted octanol–water partition coefficient (Wildman–Crippen LogP) is 3.34. The Balaban J connectivity index is 1.97. The van der Waals surface area contributed by atoms with Gasteiger partial charge in [0.25, 0.3) is 0 Å². The van der Waals surface area contributed by atoms with Crippen LogP contribution in [0.25, 0.3) is 21.7 Å². The quantitative estimate of drug-likeness (QED) is 0.562. The highest BCUT2D eigenvalue weighted by Crippen LogP contribution is 2.31. The number of ether oxygens (including phenoxy) is 1. The van der Waals surface area contributed by atoms with E-state index in [-0.39, 0.29) is 15.5 Å². The van der Waals surface area contributed by atoms with Crippen molar-refractivity contribution < 1.29 is 17.9 Å². The van der Waals surface area contributed by atoms with Gasteiger partial charge in [0.15, 0.2) is 5.03 Å². The van der Waals surface area contributed by atoms with Crippen LogP contribution in [0.15, 0.2) is 70.6 Å². The molecule has 0 saturated carbocycles. The van der Waals surface area contributed by atoms with Gasteiger partial charge in [-0.1, -0.05) is 36.4 Å². The highest BCUT2D eigenvalue weighted by Gasteiger charge is 2.26. The molecule has 0 amide bonds. The highest BCUT2D eigenvalue weighted by molar-refractivity contribution is 7.91. The van der Waals surface area contributed by atoms with E-state index in [1.807, 2.05) is 18.2 Å². The van der Waals surface area contributed by atoms with Gasteiger partial charge in [-0.15, -0.1) is 0 Å². The van der Waals surface area contributed by atoms with Gasteiger partial charge in [-0.25, -0.2) is 13.2 Å². The molecule has 4 aromatic rings. The van der Waals surface area contributed by atoms with E-state index in [2.05, 4.69) is 10.2 Å². The van der Waals surface area contributed by atoms with Crippen molar-refractivity contribution in [2.24, 2.45) is 0 Å². The van der Waals surface area contributed by atoms with E-state index in [4.69, 9.17) is 4.74 Å². The number of fused-ring (bicyclic) bond motifs is 2. The fourth-order valence-electron chi connectivity index (χ4n) is 2.97. The van der Waals surface area contributed by atoms with E-state index in [1.165, 1.54) is 13.2 Å². The molecular weight excluding hydrogens is 352 g/mol. The predicted molar refractivity (Wildman–Crippen MR) is 96.8 cm³/mol. The van der Waals surface area contributed by atoms with Crippen LogP contribution in [0.1, 0.15) is 10.4 Å². The number of sulfone groups is 1. The topological polar surface area (TPSA) is 89.1 Å². The Kier molecular flexibility index (Phi) is 3.73. The minimum absolute atomic E-state index is 0.116. The van der Waals surface area contributed by atoms with Crippen molar-refractivity contribution in [3.8, 4) is 0 Å². The van der Waals surface area contributed by atoms with Crippen LogP contribution in [0.3, 0.4) is 0 Å². The first kappa shape index (κ1) is 16.3. The summed E-state index contributed by atoms with van der Waals surface area (Å²) in [7, 11) is -2.62. The van der Waals surface area contributed by atoms with Crippen LogP contribution in [0.4, 0.5) is 0 Å². The van der Waals surface area contributed by atoms with E-state index in [0.29, 0.717) is 16.3 Å². The van der Waals surface area contributed by atoms with Crippen LogP contribution in [0, 0.1) is 0 Å². The molecular formula is C19H14N2O4S. The zero-order chi connectivity index (χ0) is 18.3. The standard InChI is InChI=1S/C19H14N2O4S/c1-25-19(22)13-9-10-16-15(11-13)18(21-20-16)26(23,24)17-8-4-6-12-5-2-3-7-14(12)17/h2-11H,1H3,(H,20,21). The SMILES string of the molecule is COC(=O)c1ccc2[nH]nc(S(=O)(=O)c3cccc4ccccc34)c2c1. The molecule has 0 unspecified atom stereocenters. The second kappa shape index (κ2) is 5.96. The molecule has 1 aromatic heterocycles. The van der Waals surface area contributed by atoms with Gasteiger partial charge < -0.3 is 4.74 Å². The van der Waals surface area contributed by atoms with Gasteiger partial charge in [0.1, 0.15) is 0 Å². The molecule has 0 aliphatic heterocycles. The van der Waals surface area contributed by atoms with Crippen LogP contribution in [-0.4, -0.2) is 31.7 Å². The molecule has 1 N–H and O–H groups in total. The maximum atomic E-state index is 13.3. The maximum absolute atomic E-state index is 13.3. The van der Waals surface area contributed by atoms with Gasteiger partial charge >= 0.3 is 5.97 Å². The number of hydrogen-bond acceptors (Lipinski definition) is 5. The average molecular weight is 366 g/mol. The second-order valence-electron chi connectivity index (χ2n) is 5.76. The van der Waals surface area contributed by atoms with Gasteiger partial charge in [-0.2, -0.15) is 5.10 Å². The zero-order valence-corrected chi connectivity index (χ0v) is 14.6. The third kappa shape index (κ3) is 2.44. The normalized spacial score (nSPS) is 11.7. The first-order valence-corrected chi connectivity index (χ1v) is 9.30. The summed E-state index contributed by atoms with van der Waals surface area (Å²) < 4.78 is 31.3. The molecule has 0 bridgehead atoms. The van der Waals surface area contributed by atoms with Gasteiger partial charge in [0, 0.05) is 10.8 Å². The smallest absolute Gasteiger partial charge is 0.337 e. The number of nitrogens with zero attached hydrogens (tertiary/aromatic N) is 1. The Morgan fingerprint density at radius 2 is 1.77 bits per heavy atom. The van der Waals surface area contributed by atoms with E-state index in [9.17, 15) is 13.2 Å². The first-order valence-electron chi connectivity index (χ1n) is 7.81. The number of benzene rings is 3. The van der Waals surface area contributed by atoms with E-state index in [0.717, 1.165) is 5.39 Å². The van der Waals surface area contributed by atoms with Crippen LogP contribution in [-0.2, 0) is 14.6 Å². The summed E-state index contributed by atoms with van der Waals surface area (Å²) in [6, 6.07) is 17.0. The third-order valence-corrected chi connectivity index (χ3v) is 6.00. The molecule has 0 aliphatic rings. The summed E-state index contributed by atoms with van der Waals surface area (Å²) in [4.78, 5) is 12.0. The van der Waals surface area contributed by atoms with Crippen molar-refractivity contribution in [3.05, 3.63) is 66.2 Å². The zero-order valence-electron chi connectivity index (χ0n) is 13.8. The molecule has 0 spiro atoms. The molecule has 0 atom stereocenters. The number of aromatic nitrogens is 2. The van der Waals surface area contributed by atoms with Crippen molar-refractivity contribution in [2.45, 2.75) is 9.92 Å². The Bertz CT molecular complexity index is 1250. The highest BCUT2D eigenvalue weighted by atomic mass is 32.2. The lowest BCUT2D eigenvalue weighted by Crippen LogP contribution is -2.05. The van der Waals surface area contributed by atoms with Gasteiger partial charge in [0.2, 0.25) is 9.84 Å². The molecule has 0 radical (unpaired) electrons. The monoisotopic (exact) mass is 366 g/mol. The lowest BCUT2D eigenvalue weighted by molar-refractivity contribution is 0.0601. The van der Waals surface area contributed by atoms with Crippen molar-refractivity contribution in [1.82, 2.24) is 10.2 Å².